The van der Waals surface area contributed by atoms with Gasteiger partial charge in [0.1, 0.15) is 6.10 Å². The van der Waals surface area contributed by atoms with Crippen LogP contribution in [0.1, 0.15) is 22.1 Å². The smallest absolute Gasteiger partial charge is 0.317 e. The Kier molecular flexibility index (Phi) is 6.56. The lowest BCUT2D eigenvalue weighted by atomic mass is 10.0. The molecule has 0 aliphatic carbocycles. The van der Waals surface area contributed by atoms with Gasteiger partial charge in [-0.2, -0.15) is 0 Å². The van der Waals surface area contributed by atoms with Crippen LogP contribution in [-0.4, -0.2) is 30.1 Å². The number of amides is 2. The largest absolute Gasteiger partial charge is 0.362 e. The number of fused-ring (bicyclic) bond motifs is 1. The highest BCUT2D eigenvalue weighted by Gasteiger charge is 2.34. The monoisotopic (exact) mass is 496 g/mol. The Balaban J connectivity index is 1.19. The molecule has 1 aliphatic rings. The maximum absolute atomic E-state index is 12.6. The number of benzene rings is 3. The lowest BCUT2D eigenvalue weighted by molar-refractivity contribution is -0.0645. The summed E-state index contributed by atoms with van der Waals surface area (Å²) in [5.74, 6) is 0. The number of carbonyl (C=O) groups excluding carboxylic acids is 1. The molecule has 33 heavy (non-hydrogen) atoms. The Morgan fingerprint density at radius 1 is 0.970 bits per heavy atom. The van der Waals surface area contributed by atoms with Crippen molar-refractivity contribution in [3.05, 3.63) is 105 Å². The molecule has 0 atom stereocenters. The second-order valence-electron chi connectivity index (χ2n) is 8.06. The van der Waals surface area contributed by atoms with Crippen LogP contribution in [0.5, 0.6) is 0 Å². The third-order valence-electron chi connectivity index (χ3n) is 5.70. The van der Waals surface area contributed by atoms with Gasteiger partial charge in [-0.25, -0.2) is 4.79 Å². The first kappa shape index (κ1) is 22.2. The van der Waals surface area contributed by atoms with Crippen LogP contribution in [0.25, 0.3) is 10.1 Å². The molecule has 1 aromatic heterocycles. The van der Waals surface area contributed by atoms with Crippen LogP contribution in [0.4, 0.5) is 4.79 Å². The van der Waals surface area contributed by atoms with Crippen LogP contribution in [0.3, 0.4) is 0 Å². The van der Waals surface area contributed by atoms with Crippen molar-refractivity contribution < 1.29 is 9.53 Å². The molecule has 7 heteroatoms. The number of hydrogen-bond donors (Lipinski definition) is 1. The highest BCUT2D eigenvalue weighted by molar-refractivity contribution is 7.19. The van der Waals surface area contributed by atoms with E-state index in [1.165, 1.54) is 10.1 Å². The molecular formula is C26H22Cl2N2O2S. The van der Waals surface area contributed by atoms with E-state index in [4.69, 9.17) is 27.9 Å². The highest BCUT2D eigenvalue weighted by atomic mass is 35.5. The van der Waals surface area contributed by atoms with Crippen LogP contribution in [0.15, 0.2) is 78.9 Å². The van der Waals surface area contributed by atoms with Gasteiger partial charge in [0.15, 0.2) is 0 Å². The molecule has 4 aromatic rings. The van der Waals surface area contributed by atoms with Crippen LogP contribution in [-0.2, 0) is 11.3 Å². The molecule has 2 heterocycles. The summed E-state index contributed by atoms with van der Waals surface area (Å²) < 4.78 is 7.65. The number of rotatable bonds is 6. The van der Waals surface area contributed by atoms with E-state index in [-0.39, 0.29) is 18.2 Å². The van der Waals surface area contributed by atoms with E-state index in [1.807, 2.05) is 60.7 Å². The molecule has 4 nitrogen and oxygen atoms in total. The predicted octanol–water partition coefficient (Wildman–Crippen LogP) is 6.91. The fourth-order valence-corrected chi connectivity index (χ4v) is 5.16. The van der Waals surface area contributed by atoms with Gasteiger partial charge in [0.2, 0.25) is 0 Å². The highest BCUT2D eigenvalue weighted by Crippen LogP contribution is 2.31. The van der Waals surface area contributed by atoms with Gasteiger partial charge < -0.3 is 15.0 Å². The quantitative estimate of drug-likeness (QED) is 0.315. The van der Waals surface area contributed by atoms with Gasteiger partial charge in [-0.3, -0.25) is 0 Å². The van der Waals surface area contributed by atoms with E-state index in [0.29, 0.717) is 29.7 Å². The van der Waals surface area contributed by atoms with Crippen molar-refractivity contribution in [2.45, 2.75) is 18.8 Å². The van der Waals surface area contributed by atoms with Gasteiger partial charge in [-0.1, -0.05) is 65.7 Å². The minimum atomic E-state index is -0.256. The Bertz CT molecular complexity index is 1170. The molecule has 1 saturated heterocycles. The zero-order valence-electron chi connectivity index (χ0n) is 17.7. The summed E-state index contributed by atoms with van der Waals surface area (Å²) in [6.45, 7) is 1.63. The molecule has 0 spiro atoms. The molecular weight excluding hydrogens is 475 g/mol. The van der Waals surface area contributed by atoms with Crippen LogP contribution < -0.4 is 5.32 Å². The standard InChI is InChI=1S/C26H22Cl2N2O2S/c27-20-9-5-17(6-10-20)25(18-7-11-21(28)12-8-18)32-22-15-30(16-22)26(31)29-14-23-13-19-3-1-2-4-24(19)33-23/h1-13,22,25H,14-16H2,(H,29,31). The number of urea groups is 1. The molecule has 1 aliphatic heterocycles. The summed E-state index contributed by atoms with van der Waals surface area (Å²) in [5.41, 5.74) is 2.02. The van der Waals surface area contributed by atoms with Gasteiger partial charge >= 0.3 is 6.03 Å². The summed E-state index contributed by atoms with van der Waals surface area (Å²) in [5, 5.41) is 5.59. The summed E-state index contributed by atoms with van der Waals surface area (Å²) in [6.07, 6.45) is -0.301. The van der Waals surface area contributed by atoms with Crippen molar-refractivity contribution in [2.24, 2.45) is 0 Å². The van der Waals surface area contributed by atoms with E-state index >= 15 is 0 Å². The average molecular weight is 497 g/mol. The molecule has 1 N–H and O–H groups in total. The zero-order valence-corrected chi connectivity index (χ0v) is 20.0. The number of halogens is 2. The van der Waals surface area contributed by atoms with Crippen molar-refractivity contribution in [3.63, 3.8) is 0 Å². The summed E-state index contributed by atoms with van der Waals surface area (Å²) in [7, 11) is 0. The number of carbonyl (C=O) groups is 1. The number of thiophene rings is 1. The number of hydrogen-bond acceptors (Lipinski definition) is 3. The number of ether oxygens (including phenoxy) is 1. The normalized spacial score (nSPS) is 14.0. The Morgan fingerprint density at radius 2 is 1.58 bits per heavy atom. The Hall–Kier alpha value is -2.57. The van der Waals surface area contributed by atoms with Gasteiger partial charge in [0.25, 0.3) is 0 Å². The SMILES string of the molecule is O=C(NCc1cc2ccccc2s1)N1CC(OC(c2ccc(Cl)cc2)c2ccc(Cl)cc2)C1. The number of likely N-dealkylation sites (tertiary alicyclic amines) is 1. The fourth-order valence-electron chi connectivity index (χ4n) is 3.91. The van der Waals surface area contributed by atoms with Crippen LogP contribution >= 0.6 is 34.5 Å². The second-order valence-corrected chi connectivity index (χ2v) is 10.1. The van der Waals surface area contributed by atoms with Crippen LogP contribution in [0, 0.1) is 0 Å². The van der Waals surface area contributed by atoms with Crippen molar-refractivity contribution in [1.29, 1.82) is 0 Å². The summed E-state index contributed by atoms with van der Waals surface area (Å²) >= 11 is 13.8. The predicted molar refractivity (Wildman–Crippen MR) is 135 cm³/mol. The molecule has 0 saturated carbocycles. The lowest BCUT2D eigenvalue weighted by Crippen LogP contribution is -2.57. The molecule has 5 rings (SSSR count). The van der Waals surface area contributed by atoms with E-state index in [1.54, 1.807) is 16.2 Å². The van der Waals surface area contributed by atoms with Crippen molar-refractivity contribution in [1.82, 2.24) is 10.2 Å². The average Bonchev–Trinajstić information content (AvgIpc) is 3.22. The molecule has 0 radical (unpaired) electrons. The second kappa shape index (κ2) is 9.74. The Labute approximate surface area is 206 Å². The van der Waals surface area contributed by atoms with Gasteiger partial charge in [0, 0.05) is 19.6 Å². The lowest BCUT2D eigenvalue weighted by Gasteiger charge is -2.40. The summed E-state index contributed by atoms with van der Waals surface area (Å²) in [4.78, 5) is 15.5. The third kappa shape index (κ3) is 5.17. The first-order valence-electron chi connectivity index (χ1n) is 10.7. The maximum Gasteiger partial charge on any atom is 0.317 e. The number of nitrogens with zero attached hydrogens (tertiary/aromatic N) is 1. The number of nitrogens with one attached hydrogen (secondary N) is 1. The third-order valence-corrected chi connectivity index (χ3v) is 7.32. The van der Waals surface area contributed by atoms with E-state index in [2.05, 4.69) is 23.5 Å². The maximum atomic E-state index is 12.6. The van der Waals surface area contributed by atoms with E-state index in [9.17, 15) is 4.79 Å². The van der Waals surface area contributed by atoms with Crippen molar-refractivity contribution >= 4 is 50.7 Å². The van der Waals surface area contributed by atoms with Gasteiger partial charge in [-0.15, -0.1) is 11.3 Å². The molecule has 0 unspecified atom stereocenters. The van der Waals surface area contributed by atoms with Crippen LogP contribution in [0.2, 0.25) is 10.0 Å². The topological polar surface area (TPSA) is 41.6 Å². The Morgan fingerprint density at radius 3 is 2.18 bits per heavy atom. The molecule has 0 bridgehead atoms. The molecule has 1 fully saturated rings. The summed E-state index contributed by atoms with van der Waals surface area (Å²) in [6, 6.07) is 25.6. The van der Waals surface area contributed by atoms with E-state index in [0.717, 1.165) is 16.0 Å². The first-order valence-corrected chi connectivity index (χ1v) is 12.3. The molecule has 2 amide bonds. The minimum Gasteiger partial charge on any atom is -0.362 e. The van der Waals surface area contributed by atoms with Crippen molar-refractivity contribution in [3.8, 4) is 0 Å². The van der Waals surface area contributed by atoms with Crippen molar-refractivity contribution in [2.75, 3.05) is 13.1 Å². The molecule has 3 aromatic carbocycles. The van der Waals surface area contributed by atoms with Gasteiger partial charge in [-0.05, 0) is 52.9 Å². The fraction of sp³-hybridized carbons (Fsp3) is 0.192. The zero-order chi connectivity index (χ0) is 22.8. The van der Waals surface area contributed by atoms with Gasteiger partial charge in [0.05, 0.1) is 25.7 Å². The minimum absolute atomic E-state index is 0.0450. The first-order chi connectivity index (χ1) is 16.0. The molecule has 168 valence electrons. The van der Waals surface area contributed by atoms with E-state index < -0.39 is 0 Å².